The largest absolute Gasteiger partial charge is 0.102 e. The van der Waals surface area contributed by atoms with Crippen LogP contribution in [0.4, 0.5) is 0 Å². The molecule has 0 N–H and O–H groups in total. The Labute approximate surface area is 172 Å². The fourth-order valence-corrected chi connectivity index (χ4v) is 4.53. The Hall–Kier alpha value is -3.64. The maximum Gasteiger partial charge on any atom is 0.0641 e. The van der Waals surface area contributed by atoms with E-state index in [1.807, 2.05) is 0 Å². The van der Waals surface area contributed by atoms with Crippen LogP contribution in [0.3, 0.4) is 0 Å². The van der Waals surface area contributed by atoms with Crippen molar-refractivity contribution in [3.63, 3.8) is 0 Å². The molecule has 4 aromatic carbocycles. The summed E-state index contributed by atoms with van der Waals surface area (Å²) in [5.41, 5.74) is 8.42. The highest BCUT2D eigenvalue weighted by Gasteiger charge is 2.41. The van der Waals surface area contributed by atoms with Crippen molar-refractivity contribution in [3.05, 3.63) is 144 Å². The fourth-order valence-electron chi connectivity index (χ4n) is 4.53. The second kappa shape index (κ2) is 7.07. The molecule has 4 aromatic rings. The van der Waals surface area contributed by atoms with Crippen molar-refractivity contribution in [1.29, 1.82) is 0 Å². The van der Waals surface area contributed by atoms with E-state index in [0.29, 0.717) is 0 Å². The molecule has 138 valence electrons. The highest BCUT2D eigenvalue weighted by Crippen LogP contribution is 2.52. The summed E-state index contributed by atoms with van der Waals surface area (Å²) in [6.07, 6.45) is 4.42. The van der Waals surface area contributed by atoms with Gasteiger partial charge in [0.2, 0.25) is 0 Å². The van der Waals surface area contributed by atoms with Gasteiger partial charge in [-0.1, -0.05) is 115 Å². The van der Waals surface area contributed by atoms with Crippen molar-refractivity contribution < 1.29 is 0 Å². The summed E-state index contributed by atoms with van der Waals surface area (Å²) in [5.74, 6) is 0. The molecule has 1 unspecified atom stereocenters. The van der Waals surface area contributed by atoms with E-state index in [2.05, 4.69) is 128 Å². The molecule has 5 rings (SSSR count). The third kappa shape index (κ3) is 2.77. The molecule has 0 saturated heterocycles. The van der Waals surface area contributed by atoms with Crippen LogP contribution in [0.25, 0.3) is 22.8 Å². The van der Waals surface area contributed by atoms with Gasteiger partial charge in [-0.15, -0.1) is 6.58 Å². The summed E-state index contributed by atoms with van der Waals surface area (Å²) in [5, 5.41) is 0. The zero-order chi connectivity index (χ0) is 19.7. The van der Waals surface area contributed by atoms with E-state index < -0.39 is 0 Å². The van der Waals surface area contributed by atoms with Crippen LogP contribution in [0.15, 0.2) is 122 Å². The van der Waals surface area contributed by atoms with Gasteiger partial charge in [0.25, 0.3) is 0 Å². The van der Waals surface area contributed by atoms with Gasteiger partial charge in [-0.25, -0.2) is 0 Å². The molecule has 1 aliphatic rings. The first-order valence-electron chi connectivity index (χ1n) is 9.99. The molecule has 1 atom stereocenters. The van der Waals surface area contributed by atoms with Gasteiger partial charge in [0.1, 0.15) is 0 Å². The van der Waals surface area contributed by atoms with E-state index in [4.69, 9.17) is 0 Å². The molecule has 29 heavy (non-hydrogen) atoms. The van der Waals surface area contributed by atoms with E-state index >= 15 is 0 Å². The van der Waals surface area contributed by atoms with E-state index in [-0.39, 0.29) is 5.41 Å². The maximum atomic E-state index is 4.31. The van der Waals surface area contributed by atoms with Gasteiger partial charge in [-0.05, 0) is 45.0 Å². The molecule has 0 radical (unpaired) electrons. The number of fused-ring (bicyclic) bond motifs is 1. The zero-order valence-corrected chi connectivity index (χ0v) is 16.3. The molecule has 0 aliphatic heterocycles. The van der Waals surface area contributed by atoms with E-state index in [1.165, 1.54) is 39.0 Å². The number of hydrogen-bond donors (Lipinski definition) is 0. The Balaban J connectivity index is 1.69. The quantitative estimate of drug-likeness (QED) is 0.329. The van der Waals surface area contributed by atoms with E-state index in [0.717, 1.165) is 0 Å². The molecule has 0 bridgehead atoms. The fraction of sp³-hybridized carbons (Fsp3) is 0.0345. The van der Waals surface area contributed by atoms with Gasteiger partial charge >= 0.3 is 0 Å². The van der Waals surface area contributed by atoms with Crippen molar-refractivity contribution in [1.82, 2.24) is 0 Å². The van der Waals surface area contributed by atoms with Crippen LogP contribution in [0.5, 0.6) is 0 Å². The zero-order valence-electron chi connectivity index (χ0n) is 16.3. The molecule has 0 heterocycles. The minimum absolute atomic E-state index is 0.354. The third-order valence-electron chi connectivity index (χ3n) is 5.95. The Morgan fingerprint density at radius 1 is 0.552 bits per heavy atom. The smallest absolute Gasteiger partial charge is 0.0641 e. The van der Waals surface area contributed by atoms with Crippen LogP contribution in [0, 0.1) is 0 Å². The second-order valence-electron chi connectivity index (χ2n) is 7.47. The van der Waals surface area contributed by atoms with Crippen molar-refractivity contribution >= 4 is 11.6 Å². The van der Waals surface area contributed by atoms with Crippen molar-refractivity contribution in [2.45, 2.75) is 5.41 Å². The van der Waals surface area contributed by atoms with Crippen LogP contribution in [0.1, 0.15) is 22.3 Å². The first kappa shape index (κ1) is 17.5. The van der Waals surface area contributed by atoms with Crippen LogP contribution < -0.4 is 0 Å². The van der Waals surface area contributed by atoms with Crippen LogP contribution >= 0.6 is 0 Å². The standard InChI is InChI=1S/C29H22/c1-2-29(26-19-17-23(18-20-26)22-11-5-3-6-12-22)27-16-10-9-15-25(27)21-28(29)24-13-7-4-8-14-24/h2-21H,1H2. The topological polar surface area (TPSA) is 0 Å². The summed E-state index contributed by atoms with van der Waals surface area (Å²) < 4.78 is 0. The molecular weight excluding hydrogens is 348 g/mol. The minimum Gasteiger partial charge on any atom is -0.102 e. The highest BCUT2D eigenvalue weighted by atomic mass is 14.4. The molecule has 0 aromatic heterocycles. The van der Waals surface area contributed by atoms with Crippen LogP contribution in [0.2, 0.25) is 0 Å². The molecular formula is C29H22. The van der Waals surface area contributed by atoms with E-state index in [1.54, 1.807) is 0 Å². The van der Waals surface area contributed by atoms with Crippen LogP contribution in [-0.2, 0) is 5.41 Å². The molecule has 0 heteroatoms. The summed E-state index contributed by atoms with van der Waals surface area (Å²) in [4.78, 5) is 0. The van der Waals surface area contributed by atoms with Gasteiger partial charge in [0.15, 0.2) is 0 Å². The summed E-state index contributed by atoms with van der Waals surface area (Å²) in [6, 6.07) is 38.8. The van der Waals surface area contributed by atoms with Crippen molar-refractivity contribution in [3.8, 4) is 11.1 Å². The normalized spacial score (nSPS) is 17.4. The molecule has 0 fully saturated rings. The molecule has 0 spiro atoms. The van der Waals surface area contributed by atoms with E-state index in [9.17, 15) is 0 Å². The predicted molar refractivity (Wildman–Crippen MR) is 124 cm³/mol. The lowest BCUT2D eigenvalue weighted by molar-refractivity contribution is 0.856. The third-order valence-corrected chi connectivity index (χ3v) is 5.95. The molecule has 0 amide bonds. The first-order chi connectivity index (χ1) is 14.3. The minimum atomic E-state index is -0.354. The van der Waals surface area contributed by atoms with Crippen molar-refractivity contribution in [2.75, 3.05) is 0 Å². The number of benzene rings is 4. The highest BCUT2D eigenvalue weighted by molar-refractivity contribution is 5.98. The number of rotatable bonds is 4. The van der Waals surface area contributed by atoms with Crippen molar-refractivity contribution in [2.24, 2.45) is 0 Å². The monoisotopic (exact) mass is 370 g/mol. The van der Waals surface area contributed by atoms with Gasteiger partial charge in [-0.3, -0.25) is 0 Å². The lowest BCUT2D eigenvalue weighted by Crippen LogP contribution is -2.24. The number of hydrogen-bond acceptors (Lipinski definition) is 0. The SMILES string of the molecule is C=CC1(c2ccc(-c3ccccc3)cc2)C(c2ccccc2)=Cc2ccccc21. The molecule has 0 nitrogen and oxygen atoms in total. The first-order valence-corrected chi connectivity index (χ1v) is 9.99. The summed E-state index contributed by atoms with van der Waals surface area (Å²) in [6.45, 7) is 4.31. The van der Waals surface area contributed by atoms with Gasteiger partial charge < -0.3 is 0 Å². The molecule has 0 saturated carbocycles. The maximum absolute atomic E-state index is 4.31. The lowest BCUT2D eigenvalue weighted by atomic mass is 9.70. The van der Waals surface area contributed by atoms with Gasteiger partial charge in [0.05, 0.1) is 5.41 Å². The van der Waals surface area contributed by atoms with Gasteiger partial charge in [0, 0.05) is 0 Å². The predicted octanol–water partition coefficient (Wildman–Crippen LogP) is 7.38. The Kier molecular flexibility index (Phi) is 4.26. The van der Waals surface area contributed by atoms with Gasteiger partial charge in [-0.2, -0.15) is 0 Å². The second-order valence-corrected chi connectivity index (χ2v) is 7.47. The summed E-state index contributed by atoms with van der Waals surface area (Å²) in [7, 11) is 0. The average molecular weight is 370 g/mol. The average Bonchev–Trinajstić information content (AvgIpc) is 3.16. The Bertz CT molecular complexity index is 1180. The van der Waals surface area contributed by atoms with Crippen LogP contribution in [-0.4, -0.2) is 0 Å². The number of allylic oxidation sites excluding steroid dienone is 2. The summed E-state index contributed by atoms with van der Waals surface area (Å²) >= 11 is 0. The Morgan fingerprint density at radius 3 is 1.76 bits per heavy atom. The Morgan fingerprint density at radius 2 is 1.10 bits per heavy atom. The lowest BCUT2D eigenvalue weighted by Gasteiger charge is -2.32. The molecule has 1 aliphatic carbocycles.